The van der Waals surface area contributed by atoms with Gasteiger partial charge in [0, 0.05) is 0 Å². The number of carbonyl (C=O) groups excluding carboxylic acids is 2. The lowest BCUT2D eigenvalue weighted by Crippen LogP contribution is -2.57. The average molecular weight is 413 g/mol. The molecule has 1 aliphatic heterocycles. The molecule has 5 heteroatoms. The summed E-state index contributed by atoms with van der Waals surface area (Å²) in [6.07, 6.45) is 1.63. The highest BCUT2D eigenvalue weighted by Crippen LogP contribution is 2.32. The molecule has 1 heterocycles. The topological polar surface area (TPSA) is 40.6 Å². The highest BCUT2D eigenvalue weighted by molar-refractivity contribution is 7.81. The quantitative estimate of drug-likeness (QED) is 0.343. The maximum absolute atomic E-state index is 13.5. The third-order valence-electron chi connectivity index (χ3n) is 5.07. The first-order valence-corrected chi connectivity index (χ1v) is 10.0. The van der Waals surface area contributed by atoms with Crippen LogP contribution in [0.25, 0.3) is 6.08 Å². The molecule has 0 unspecified atom stereocenters. The van der Waals surface area contributed by atoms with Crippen LogP contribution >= 0.6 is 12.2 Å². The summed E-state index contributed by atoms with van der Waals surface area (Å²) >= 11 is 5.69. The number of benzene rings is 3. The maximum atomic E-state index is 13.5. The summed E-state index contributed by atoms with van der Waals surface area (Å²) in [5.74, 6) is -0.846. The molecule has 0 aromatic heterocycles. The number of rotatable bonds is 3. The third kappa shape index (κ3) is 3.44. The van der Waals surface area contributed by atoms with Gasteiger partial charge in [-0.1, -0.05) is 66.7 Å². The predicted molar refractivity (Wildman–Crippen MR) is 124 cm³/mol. The van der Waals surface area contributed by atoms with E-state index in [1.54, 1.807) is 6.08 Å². The smallest absolute Gasteiger partial charge is 0.268 e. The van der Waals surface area contributed by atoms with E-state index in [0.717, 1.165) is 16.7 Å². The van der Waals surface area contributed by atoms with Crippen LogP contribution in [0.5, 0.6) is 0 Å². The fourth-order valence-corrected chi connectivity index (χ4v) is 3.86. The molecule has 2 amide bonds. The lowest BCUT2D eigenvalue weighted by molar-refractivity contribution is -0.120. The molecule has 30 heavy (non-hydrogen) atoms. The maximum Gasteiger partial charge on any atom is 0.270 e. The Morgan fingerprint density at radius 2 is 1.10 bits per heavy atom. The number of hydrogen-bond donors (Lipinski definition) is 0. The standard InChI is InChI=1S/C25H20N2O2S/c1-17-10-6-8-14-21(17)26-23(28)20(16-19-12-4-3-5-13-19)24(29)27(25(26)30)22-15-9-7-11-18(22)2/h3-16H,1-2H3. The number of nitrogens with zero attached hydrogens (tertiary/aromatic N) is 2. The van der Waals surface area contributed by atoms with E-state index in [-0.39, 0.29) is 10.7 Å². The summed E-state index contributed by atoms with van der Waals surface area (Å²) in [4.78, 5) is 29.9. The van der Waals surface area contributed by atoms with Crippen molar-refractivity contribution in [3.05, 3.63) is 101 Å². The second-order valence-electron chi connectivity index (χ2n) is 7.11. The van der Waals surface area contributed by atoms with Gasteiger partial charge in [-0.2, -0.15) is 0 Å². The lowest BCUT2D eigenvalue weighted by Gasteiger charge is -2.37. The fraction of sp³-hybridized carbons (Fsp3) is 0.0800. The highest BCUT2D eigenvalue weighted by Gasteiger charge is 2.41. The van der Waals surface area contributed by atoms with E-state index in [1.807, 2.05) is 92.7 Å². The molecule has 0 spiro atoms. The Labute approximate surface area is 181 Å². The van der Waals surface area contributed by atoms with Crippen molar-refractivity contribution in [3.8, 4) is 0 Å². The number of amides is 2. The minimum atomic E-state index is -0.423. The van der Waals surface area contributed by atoms with Crippen molar-refractivity contribution in [2.45, 2.75) is 13.8 Å². The first kappa shape index (κ1) is 19.7. The van der Waals surface area contributed by atoms with Gasteiger partial charge in [-0.25, -0.2) is 0 Å². The highest BCUT2D eigenvalue weighted by atomic mass is 32.1. The van der Waals surface area contributed by atoms with Crippen LogP contribution in [0.3, 0.4) is 0 Å². The molecule has 0 saturated carbocycles. The van der Waals surface area contributed by atoms with E-state index in [9.17, 15) is 9.59 Å². The van der Waals surface area contributed by atoms with Crippen molar-refractivity contribution >= 4 is 46.6 Å². The Kier molecular flexibility index (Phi) is 5.29. The van der Waals surface area contributed by atoms with Crippen LogP contribution in [0.1, 0.15) is 16.7 Å². The minimum absolute atomic E-state index is 0.0707. The van der Waals surface area contributed by atoms with Gasteiger partial charge in [0.05, 0.1) is 11.4 Å². The summed E-state index contributed by atoms with van der Waals surface area (Å²) < 4.78 is 0. The summed E-state index contributed by atoms with van der Waals surface area (Å²) in [6, 6.07) is 24.4. The first-order valence-electron chi connectivity index (χ1n) is 9.60. The van der Waals surface area contributed by atoms with Crippen molar-refractivity contribution in [3.63, 3.8) is 0 Å². The zero-order valence-electron chi connectivity index (χ0n) is 16.7. The predicted octanol–water partition coefficient (Wildman–Crippen LogP) is 5.05. The van der Waals surface area contributed by atoms with Crippen molar-refractivity contribution < 1.29 is 9.59 Å². The zero-order chi connectivity index (χ0) is 21.3. The van der Waals surface area contributed by atoms with Crippen LogP contribution in [0, 0.1) is 13.8 Å². The summed E-state index contributed by atoms with van der Waals surface area (Å²) in [6.45, 7) is 3.83. The average Bonchev–Trinajstić information content (AvgIpc) is 2.75. The van der Waals surface area contributed by atoms with Crippen LogP contribution < -0.4 is 9.80 Å². The molecule has 0 radical (unpaired) electrons. The van der Waals surface area contributed by atoms with Crippen molar-refractivity contribution in [1.82, 2.24) is 0 Å². The van der Waals surface area contributed by atoms with Crippen LogP contribution in [-0.2, 0) is 9.59 Å². The van der Waals surface area contributed by atoms with Crippen LogP contribution in [0.15, 0.2) is 84.4 Å². The van der Waals surface area contributed by atoms with Crippen molar-refractivity contribution in [2.24, 2.45) is 0 Å². The molecule has 4 rings (SSSR count). The number of aryl methyl sites for hydroxylation is 2. The van der Waals surface area contributed by atoms with E-state index < -0.39 is 11.8 Å². The largest absolute Gasteiger partial charge is 0.270 e. The first-order chi connectivity index (χ1) is 14.5. The van der Waals surface area contributed by atoms with Gasteiger partial charge in [-0.15, -0.1) is 0 Å². The zero-order valence-corrected chi connectivity index (χ0v) is 17.5. The fourth-order valence-electron chi connectivity index (χ4n) is 3.50. The normalized spacial score (nSPS) is 14.3. The van der Waals surface area contributed by atoms with Gasteiger partial charge in [0.15, 0.2) is 5.11 Å². The van der Waals surface area contributed by atoms with Gasteiger partial charge < -0.3 is 0 Å². The number of thiocarbonyl (C=S) groups is 1. The molecule has 1 aliphatic rings. The Hall–Kier alpha value is -3.57. The molecule has 1 fully saturated rings. The molecule has 0 atom stereocenters. The Balaban J connectivity index is 1.92. The lowest BCUT2D eigenvalue weighted by atomic mass is 10.0. The van der Waals surface area contributed by atoms with E-state index in [4.69, 9.17) is 12.2 Å². The van der Waals surface area contributed by atoms with E-state index in [2.05, 4.69) is 0 Å². The molecule has 3 aromatic carbocycles. The van der Waals surface area contributed by atoms with Gasteiger partial charge in [-0.3, -0.25) is 19.4 Å². The van der Waals surface area contributed by atoms with Gasteiger partial charge >= 0.3 is 0 Å². The number of hydrogen-bond acceptors (Lipinski definition) is 3. The molecule has 0 N–H and O–H groups in total. The monoisotopic (exact) mass is 412 g/mol. The summed E-state index contributed by atoms with van der Waals surface area (Å²) in [7, 11) is 0. The molecule has 148 valence electrons. The van der Waals surface area contributed by atoms with Crippen molar-refractivity contribution in [1.29, 1.82) is 0 Å². The van der Waals surface area contributed by atoms with Crippen LogP contribution in [0.4, 0.5) is 11.4 Å². The molecule has 3 aromatic rings. The second kappa shape index (κ2) is 8.05. The molecule has 0 bridgehead atoms. The third-order valence-corrected chi connectivity index (χ3v) is 5.44. The number of para-hydroxylation sites is 2. The summed E-state index contributed by atoms with van der Waals surface area (Å²) in [5, 5.41) is 0.152. The number of carbonyl (C=O) groups is 2. The van der Waals surface area contributed by atoms with Gasteiger partial charge in [0.2, 0.25) is 0 Å². The molecular formula is C25H20N2O2S. The van der Waals surface area contributed by atoms with E-state index in [0.29, 0.717) is 11.4 Å². The van der Waals surface area contributed by atoms with Crippen molar-refractivity contribution in [2.75, 3.05) is 9.80 Å². The second-order valence-corrected chi connectivity index (χ2v) is 7.47. The molecular weight excluding hydrogens is 392 g/mol. The SMILES string of the molecule is Cc1ccccc1N1C(=O)C(=Cc2ccccc2)C(=O)N(c2ccccc2C)C1=S. The Morgan fingerprint density at radius 1 is 0.667 bits per heavy atom. The Morgan fingerprint density at radius 3 is 1.57 bits per heavy atom. The number of anilines is 2. The van der Waals surface area contributed by atoms with E-state index in [1.165, 1.54) is 9.80 Å². The van der Waals surface area contributed by atoms with Crippen LogP contribution in [-0.4, -0.2) is 16.9 Å². The molecule has 0 aliphatic carbocycles. The van der Waals surface area contributed by atoms with E-state index >= 15 is 0 Å². The van der Waals surface area contributed by atoms with Gasteiger partial charge in [0.1, 0.15) is 5.57 Å². The minimum Gasteiger partial charge on any atom is -0.268 e. The van der Waals surface area contributed by atoms with Gasteiger partial charge in [0.25, 0.3) is 11.8 Å². The van der Waals surface area contributed by atoms with Gasteiger partial charge in [-0.05, 0) is 61.0 Å². The Bertz CT molecular complexity index is 1120. The summed E-state index contributed by atoms with van der Waals surface area (Å²) in [5.41, 5.74) is 3.96. The molecule has 1 saturated heterocycles. The van der Waals surface area contributed by atoms with Crippen LogP contribution in [0.2, 0.25) is 0 Å². The molecule has 4 nitrogen and oxygen atoms in total.